The van der Waals surface area contributed by atoms with E-state index >= 15 is 0 Å². The molecule has 1 amide bonds. The molecule has 16 heavy (non-hydrogen) atoms. The first kappa shape index (κ1) is 11.7. The van der Waals surface area contributed by atoms with Crippen LogP contribution in [0, 0.1) is 5.92 Å². The number of nitrogens with zero attached hydrogens (tertiary/aromatic N) is 2. The van der Waals surface area contributed by atoms with Gasteiger partial charge in [0.1, 0.15) is 4.60 Å². The normalized spacial score (nSPS) is 20.5. The van der Waals surface area contributed by atoms with Crippen LogP contribution < -0.4 is 10.6 Å². The van der Waals surface area contributed by atoms with E-state index in [1.807, 2.05) is 0 Å². The molecule has 1 unspecified atom stereocenters. The van der Waals surface area contributed by atoms with Crippen molar-refractivity contribution in [1.29, 1.82) is 0 Å². The number of amides is 1. The van der Waals surface area contributed by atoms with Crippen LogP contribution >= 0.6 is 27.5 Å². The lowest BCUT2D eigenvalue weighted by Crippen LogP contribution is -2.26. The van der Waals surface area contributed by atoms with Gasteiger partial charge in [0, 0.05) is 18.8 Å². The van der Waals surface area contributed by atoms with Crippen LogP contribution in [0.3, 0.4) is 0 Å². The molecule has 2 heterocycles. The fourth-order valence-corrected chi connectivity index (χ4v) is 2.25. The monoisotopic (exact) mass is 303 g/mol. The van der Waals surface area contributed by atoms with Crippen LogP contribution in [0.4, 0.5) is 11.5 Å². The van der Waals surface area contributed by atoms with Gasteiger partial charge in [-0.3, -0.25) is 9.69 Å². The molecule has 1 atom stereocenters. The van der Waals surface area contributed by atoms with Gasteiger partial charge >= 0.3 is 0 Å². The Balaban J connectivity index is 2.30. The van der Waals surface area contributed by atoms with Crippen LogP contribution in [0.15, 0.2) is 16.7 Å². The quantitative estimate of drug-likeness (QED) is 0.672. The molecule has 1 saturated heterocycles. The predicted octanol–water partition coefficient (Wildman–Crippen LogP) is 2.02. The Hall–Kier alpha value is -0.810. The number of nitrogen functional groups attached to an aromatic ring is 1. The molecule has 6 heteroatoms. The summed E-state index contributed by atoms with van der Waals surface area (Å²) in [6, 6.07) is 3.48. The smallest absolute Gasteiger partial charge is 0.228 e. The highest BCUT2D eigenvalue weighted by Crippen LogP contribution is 2.29. The lowest BCUT2D eigenvalue weighted by Gasteiger charge is -2.17. The Labute approximate surface area is 107 Å². The Bertz CT molecular complexity index is 427. The maximum absolute atomic E-state index is 11.8. The predicted molar refractivity (Wildman–Crippen MR) is 67.5 cm³/mol. The Kier molecular flexibility index (Phi) is 3.35. The number of hydrogen-bond donors (Lipinski definition) is 1. The van der Waals surface area contributed by atoms with E-state index in [-0.39, 0.29) is 11.8 Å². The van der Waals surface area contributed by atoms with Crippen LogP contribution in [0.5, 0.6) is 0 Å². The summed E-state index contributed by atoms with van der Waals surface area (Å²) in [6.45, 7) is 0.593. The van der Waals surface area contributed by atoms with Crippen molar-refractivity contribution < 1.29 is 4.79 Å². The summed E-state index contributed by atoms with van der Waals surface area (Å²) >= 11 is 9.02. The first-order chi connectivity index (χ1) is 7.61. The van der Waals surface area contributed by atoms with Gasteiger partial charge in [-0.05, 0) is 34.0 Å². The first-order valence-corrected chi connectivity index (χ1v) is 6.23. The highest BCUT2D eigenvalue weighted by Gasteiger charge is 2.31. The number of aromatic nitrogens is 1. The standard InChI is InChI=1S/C10H11BrClN3O/c11-8-2-1-7(13)10(14-8)15-5-6(4-12)3-9(15)16/h1-2,6H,3-5,13H2. The molecule has 1 aromatic heterocycles. The largest absolute Gasteiger partial charge is 0.396 e. The van der Waals surface area contributed by atoms with Crippen molar-refractivity contribution in [3.63, 3.8) is 0 Å². The molecule has 0 spiro atoms. The fourth-order valence-electron chi connectivity index (χ4n) is 1.74. The van der Waals surface area contributed by atoms with Crippen LogP contribution in [0.25, 0.3) is 0 Å². The van der Waals surface area contributed by atoms with E-state index in [0.29, 0.717) is 35.0 Å². The Morgan fingerprint density at radius 1 is 1.62 bits per heavy atom. The molecule has 0 bridgehead atoms. The molecular formula is C10H11BrClN3O. The SMILES string of the molecule is Nc1ccc(Br)nc1N1CC(CCl)CC1=O. The van der Waals surface area contributed by atoms with Gasteiger partial charge in [-0.25, -0.2) is 4.98 Å². The number of pyridine rings is 1. The molecule has 0 radical (unpaired) electrons. The third-order valence-electron chi connectivity index (χ3n) is 2.55. The van der Waals surface area contributed by atoms with Crippen LogP contribution in [-0.2, 0) is 4.79 Å². The molecule has 1 aliphatic heterocycles. The number of anilines is 2. The van der Waals surface area contributed by atoms with Gasteiger partial charge in [0.2, 0.25) is 5.91 Å². The van der Waals surface area contributed by atoms with E-state index in [0.717, 1.165) is 0 Å². The summed E-state index contributed by atoms with van der Waals surface area (Å²) in [6.07, 6.45) is 0.469. The second kappa shape index (κ2) is 4.59. The molecule has 0 aliphatic carbocycles. The first-order valence-electron chi connectivity index (χ1n) is 4.90. The van der Waals surface area contributed by atoms with Crippen molar-refractivity contribution in [2.24, 2.45) is 5.92 Å². The molecule has 0 saturated carbocycles. The number of carbonyl (C=O) groups is 1. The Morgan fingerprint density at radius 3 is 3.00 bits per heavy atom. The zero-order chi connectivity index (χ0) is 11.7. The van der Waals surface area contributed by atoms with Crippen LogP contribution in [-0.4, -0.2) is 23.3 Å². The summed E-state index contributed by atoms with van der Waals surface area (Å²) in [5, 5.41) is 0. The highest BCUT2D eigenvalue weighted by molar-refractivity contribution is 9.10. The zero-order valence-corrected chi connectivity index (χ0v) is 10.8. The fraction of sp³-hybridized carbons (Fsp3) is 0.400. The summed E-state index contributed by atoms with van der Waals surface area (Å²) < 4.78 is 0.666. The van der Waals surface area contributed by atoms with E-state index < -0.39 is 0 Å². The van der Waals surface area contributed by atoms with Crippen LogP contribution in [0.2, 0.25) is 0 Å². The molecule has 2 rings (SSSR count). The molecule has 86 valence electrons. The molecule has 0 aromatic carbocycles. The lowest BCUT2D eigenvalue weighted by molar-refractivity contribution is -0.117. The number of nitrogens with two attached hydrogens (primary N) is 1. The number of halogens is 2. The van der Waals surface area contributed by atoms with Gasteiger partial charge in [-0.2, -0.15) is 0 Å². The van der Waals surface area contributed by atoms with Crippen molar-refractivity contribution in [1.82, 2.24) is 4.98 Å². The molecule has 2 N–H and O–H groups in total. The Morgan fingerprint density at radius 2 is 2.38 bits per heavy atom. The number of hydrogen-bond acceptors (Lipinski definition) is 3. The van der Waals surface area contributed by atoms with E-state index in [4.69, 9.17) is 17.3 Å². The van der Waals surface area contributed by atoms with E-state index in [9.17, 15) is 4.79 Å². The number of alkyl halides is 1. The topological polar surface area (TPSA) is 59.2 Å². The van der Waals surface area contributed by atoms with E-state index in [2.05, 4.69) is 20.9 Å². The number of rotatable bonds is 2. The molecular weight excluding hydrogens is 293 g/mol. The maximum atomic E-state index is 11.8. The second-order valence-electron chi connectivity index (χ2n) is 3.78. The van der Waals surface area contributed by atoms with Crippen molar-refractivity contribution >= 4 is 44.9 Å². The van der Waals surface area contributed by atoms with Crippen molar-refractivity contribution in [2.75, 3.05) is 23.1 Å². The maximum Gasteiger partial charge on any atom is 0.228 e. The van der Waals surface area contributed by atoms with Gasteiger partial charge < -0.3 is 5.73 Å². The lowest BCUT2D eigenvalue weighted by atomic mass is 10.1. The van der Waals surface area contributed by atoms with Gasteiger partial charge in [0.05, 0.1) is 5.69 Å². The zero-order valence-electron chi connectivity index (χ0n) is 8.49. The third-order valence-corrected chi connectivity index (χ3v) is 3.43. The summed E-state index contributed by atoms with van der Waals surface area (Å²) in [5.41, 5.74) is 6.31. The van der Waals surface area contributed by atoms with Gasteiger partial charge in [0.15, 0.2) is 5.82 Å². The van der Waals surface area contributed by atoms with Crippen molar-refractivity contribution in [2.45, 2.75) is 6.42 Å². The molecule has 1 aromatic rings. The minimum Gasteiger partial charge on any atom is -0.396 e. The summed E-state index contributed by atoms with van der Waals surface area (Å²) in [7, 11) is 0. The van der Waals surface area contributed by atoms with E-state index in [1.165, 1.54) is 0 Å². The summed E-state index contributed by atoms with van der Waals surface area (Å²) in [5.74, 6) is 1.22. The molecule has 1 fully saturated rings. The number of carbonyl (C=O) groups excluding carboxylic acids is 1. The van der Waals surface area contributed by atoms with E-state index in [1.54, 1.807) is 17.0 Å². The summed E-state index contributed by atoms with van der Waals surface area (Å²) in [4.78, 5) is 17.6. The van der Waals surface area contributed by atoms with Gasteiger partial charge in [0.25, 0.3) is 0 Å². The van der Waals surface area contributed by atoms with Crippen LogP contribution in [0.1, 0.15) is 6.42 Å². The highest BCUT2D eigenvalue weighted by atomic mass is 79.9. The third kappa shape index (κ3) is 2.15. The van der Waals surface area contributed by atoms with Crippen molar-refractivity contribution in [3.05, 3.63) is 16.7 Å². The van der Waals surface area contributed by atoms with Crippen molar-refractivity contribution in [3.8, 4) is 0 Å². The minimum atomic E-state index is 0.0305. The molecule has 1 aliphatic rings. The van der Waals surface area contributed by atoms with Gasteiger partial charge in [-0.15, -0.1) is 11.6 Å². The second-order valence-corrected chi connectivity index (χ2v) is 4.90. The minimum absolute atomic E-state index is 0.0305. The average molecular weight is 305 g/mol. The average Bonchev–Trinajstić information content (AvgIpc) is 2.63. The van der Waals surface area contributed by atoms with Gasteiger partial charge in [-0.1, -0.05) is 0 Å². The molecule has 4 nitrogen and oxygen atoms in total.